The second-order valence-corrected chi connectivity index (χ2v) is 7.79. The van der Waals surface area contributed by atoms with Gasteiger partial charge in [-0.25, -0.2) is 0 Å². The summed E-state index contributed by atoms with van der Waals surface area (Å²) in [5.41, 5.74) is 5.67. The van der Waals surface area contributed by atoms with E-state index in [0.29, 0.717) is 13.0 Å². The van der Waals surface area contributed by atoms with Crippen LogP contribution in [0.3, 0.4) is 0 Å². The lowest BCUT2D eigenvalue weighted by atomic mass is 9.90. The van der Waals surface area contributed by atoms with Crippen molar-refractivity contribution in [2.24, 2.45) is 0 Å². The summed E-state index contributed by atoms with van der Waals surface area (Å²) in [6.45, 7) is 0.550. The monoisotopic (exact) mass is 397 g/mol. The van der Waals surface area contributed by atoms with Gasteiger partial charge in [0.15, 0.2) is 0 Å². The lowest BCUT2D eigenvalue weighted by Gasteiger charge is -2.20. The molecule has 0 aliphatic carbocycles. The fourth-order valence-electron chi connectivity index (χ4n) is 3.85. The molecule has 0 aliphatic heterocycles. The number of H-pyrrole nitrogens is 1. The highest BCUT2D eigenvalue weighted by Crippen LogP contribution is 2.31. The quantitative estimate of drug-likeness (QED) is 0.474. The maximum Gasteiger partial charge on any atom is 0.224 e. The van der Waals surface area contributed by atoms with Gasteiger partial charge in [0.25, 0.3) is 0 Å². The van der Waals surface area contributed by atoms with Crippen molar-refractivity contribution in [3.05, 3.63) is 102 Å². The smallest absolute Gasteiger partial charge is 0.224 e. The number of aromatic nitrogens is 1. The first-order valence-corrected chi connectivity index (χ1v) is 10.3. The predicted molar refractivity (Wildman–Crippen MR) is 124 cm³/mol. The minimum absolute atomic E-state index is 0.0379. The van der Waals surface area contributed by atoms with Crippen LogP contribution in [0.25, 0.3) is 10.9 Å². The van der Waals surface area contributed by atoms with E-state index < -0.39 is 0 Å². The van der Waals surface area contributed by atoms with E-state index in [-0.39, 0.29) is 11.8 Å². The fraction of sp³-hybridized carbons (Fsp3) is 0.192. The van der Waals surface area contributed by atoms with Gasteiger partial charge in [-0.2, -0.15) is 0 Å². The van der Waals surface area contributed by atoms with Gasteiger partial charge in [0.05, 0.1) is 6.42 Å². The summed E-state index contributed by atoms with van der Waals surface area (Å²) in [6, 6.07) is 26.7. The lowest BCUT2D eigenvalue weighted by molar-refractivity contribution is -0.120. The first-order chi connectivity index (χ1) is 14.6. The number of carbonyl (C=O) groups excluding carboxylic acids is 1. The van der Waals surface area contributed by atoms with E-state index in [2.05, 4.69) is 63.9 Å². The summed E-state index contributed by atoms with van der Waals surface area (Å²) in [5.74, 6) is 0.105. The number of hydrogen-bond acceptors (Lipinski definition) is 2. The van der Waals surface area contributed by atoms with Crippen molar-refractivity contribution in [3.8, 4) is 0 Å². The molecule has 4 heteroatoms. The molecule has 0 spiro atoms. The third-order valence-corrected chi connectivity index (χ3v) is 5.52. The Morgan fingerprint density at radius 1 is 0.933 bits per heavy atom. The van der Waals surface area contributed by atoms with Crippen LogP contribution in [0, 0.1) is 0 Å². The topological polar surface area (TPSA) is 48.1 Å². The Bertz CT molecular complexity index is 1110. The second-order valence-electron chi connectivity index (χ2n) is 7.79. The van der Waals surface area contributed by atoms with Crippen LogP contribution in [-0.2, 0) is 11.2 Å². The van der Waals surface area contributed by atoms with Crippen molar-refractivity contribution < 1.29 is 4.79 Å². The minimum Gasteiger partial charge on any atom is -0.378 e. The number of amides is 1. The Kier molecular flexibility index (Phi) is 5.84. The molecule has 30 heavy (non-hydrogen) atoms. The molecule has 4 rings (SSSR count). The number of hydrogen-bond donors (Lipinski definition) is 2. The average Bonchev–Trinajstić information content (AvgIpc) is 3.19. The lowest BCUT2D eigenvalue weighted by Crippen LogP contribution is -2.30. The number of carbonyl (C=O) groups is 1. The van der Waals surface area contributed by atoms with E-state index in [1.54, 1.807) is 0 Å². The molecule has 0 radical (unpaired) electrons. The molecule has 1 unspecified atom stereocenters. The maximum atomic E-state index is 12.6. The van der Waals surface area contributed by atoms with Crippen LogP contribution < -0.4 is 10.2 Å². The standard InChI is InChI=1S/C26H27N3O/c1-29(2)21-14-12-20(13-15-21)23(24-18-27-25-11-7-6-10-22(24)25)17-28-26(30)16-19-8-4-3-5-9-19/h3-15,18,23,27H,16-17H2,1-2H3,(H,28,30). The SMILES string of the molecule is CN(C)c1ccc(C(CNC(=O)Cc2ccccc2)c2c[nH]c3ccccc23)cc1. The number of fused-ring (bicyclic) bond motifs is 1. The highest BCUT2D eigenvalue weighted by molar-refractivity contribution is 5.84. The number of aromatic amines is 1. The summed E-state index contributed by atoms with van der Waals surface area (Å²) in [7, 11) is 4.08. The van der Waals surface area contributed by atoms with Crippen molar-refractivity contribution in [2.45, 2.75) is 12.3 Å². The first-order valence-electron chi connectivity index (χ1n) is 10.3. The Morgan fingerprint density at radius 3 is 2.37 bits per heavy atom. The fourth-order valence-corrected chi connectivity index (χ4v) is 3.85. The van der Waals surface area contributed by atoms with E-state index >= 15 is 0 Å². The van der Waals surface area contributed by atoms with Crippen molar-refractivity contribution in [1.29, 1.82) is 0 Å². The Balaban J connectivity index is 1.59. The number of rotatable bonds is 7. The Labute approximate surface area is 177 Å². The summed E-state index contributed by atoms with van der Waals surface area (Å²) < 4.78 is 0. The molecule has 152 valence electrons. The number of anilines is 1. The zero-order valence-electron chi connectivity index (χ0n) is 17.4. The Morgan fingerprint density at radius 2 is 1.63 bits per heavy atom. The zero-order valence-corrected chi connectivity index (χ0v) is 17.4. The molecular formula is C26H27N3O. The van der Waals surface area contributed by atoms with Crippen molar-refractivity contribution in [2.75, 3.05) is 25.5 Å². The molecule has 4 aromatic rings. The molecule has 4 nitrogen and oxygen atoms in total. The van der Waals surface area contributed by atoms with Gasteiger partial charge in [0.2, 0.25) is 5.91 Å². The normalized spacial score (nSPS) is 11.9. The van der Waals surface area contributed by atoms with Gasteiger partial charge >= 0.3 is 0 Å². The van der Waals surface area contributed by atoms with E-state index in [0.717, 1.165) is 16.8 Å². The molecule has 0 fully saturated rings. The van der Waals surface area contributed by atoms with Crippen molar-refractivity contribution in [3.63, 3.8) is 0 Å². The van der Waals surface area contributed by atoms with Crippen LogP contribution in [0.4, 0.5) is 5.69 Å². The van der Waals surface area contributed by atoms with Gasteiger partial charge in [-0.05, 0) is 34.9 Å². The molecule has 0 saturated heterocycles. The van der Waals surface area contributed by atoms with Crippen LogP contribution in [0.2, 0.25) is 0 Å². The highest BCUT2D eigenvalue weighted by atomic mass is 16.1. The largest absolute Gasteiger partial charge is 0.378 e. The molecule has 3 aromatic carbocycles. The molecule has 1 heterocycles. The minimum atomic E-state index is 0.0379. The number of para-hydroxylation sites is 1. The molecule has 0 bridgehead atoms. The Hall–Kier alpha value is -3.53. The molecular weight excluding hydrogens is 370 g/mol. The summed E-state index contributed by atoms with van der Waals surface area (Å²) in [5, 5.41) is 4.35. The van der Waals surface area contributed by atoms with Gasteiger partial charge in [-0.15, -0.1) is 0 Å². The van der Waals surface area contributed by atoms with E-state index in [1.165, 1.54) is 16.5 Å². The molecule has 1 atom stereocenters. The van der Waals surface area contributed by atoms with Crippen LogP contribution in [0.15, 0.2) is 85.1 Å². The maximum absolute atomic E-state index is 12.6. The second kappa shape index (κ2) is 8.87. The van der Waals surface area contributed by atoms with Crippen LogP contribution in [0.5, 0.6) is 0 Å². The van der Waals surface area contributed by atoms with Crippen LogP contribution in [-0.4, -0.2) is 31.5 Å². The van der Waals surface area contributed by atoms with Crippen LogP contribution >= 0.6 is 0 Å². The van der Waals surface area contributed by atoms with Gasteiger partial charge in [0, 0.05) is 49.3 Å². The summed E-state index contributed by atoms with van der Waals surface area (Å²) in [6.07, 6.45) is 2.46. The van der Waals surface area contributed by atoms with Gasteiger partial charge in [-0.1, -0.05) is 60.7 Å². The molecule has 1 aromatic heterocycles. The number of nitrogens with zero attached hydrogens (tertiary/aromatic N) is 1. The van der Waals surface area contributed by atoms with Crippen molar-refractivity contribution in [1.82, 2.24) is 10.3 Å². The summed E-state index contributed by atoms with van der Waals surface area (Å²) in [4.78, 5) is 18.1. The van der Waals surface area contributed by atoms with Gasteiger partial charge in [-0.3, -0.25) is 4.79 Å². The number of benzene rings is 3. The van der Waals surface area contributed by atoms with E-state index in [9.17, 15) is 4.79 Å². The third kappa shape index (κ3) is 4.38. The van der Waals surface area contributed by atoms with Gasteiger partial charge in [0.1, 0.15) is 0 Å². The third-order valence-electron chi connectivity index (χ3n) is 5.52. The molecule has 0 saturated carbocycles. The predicted octanol–water partition coefficient (Wildman–Crippen LogP) is 4.72. The first kappa shape index (κ1) is 19.8. The zero-order chi connectivity index (χ0) is 20.9. The molecule has 0 aliphatic rings. The number of nitrogens with one attached hydrogen (secondary N) is 2. The van der Waals surface area contributed by atoms with E-state index in [1.807, 2.05) is 50.5 Å². The average molecular weight is 398 g/mol. The van der Waals surface area contributed by atoms with Crippen molar-refractivity contribution >= 4 is 22.5 Å². The molecule has 1 amide bonds. The van der Waals surface area contributed by atoms with E-state index in [4.69, 9.17) is 0 Å². The van der Waals surface area contributed by atoms with Crippen LogP contribution in [0.1, 0.15) is 22.6 Å². The highest BCUT2D eigenvalue weighted by Gasteiger charge is 2.19. The summed E-state index contributed by atoms with van der Waals surface area (Å²) >= 11 is 0. The van der Waals surface area contributed by atoms with Gasteiger partial charge < -0.3 is 15.2 Å². The molecule has 2 N–H and O–H groups in total.